The van der Waals surface area contributed by atoms with Crippen LogP contribution in [-0.2, 0) is 0 Å². The number of aromatic nitrogens is 2. The Kier molecular flexibility index (Phi) is 3.24. The predicted octanol–water partition coefficient (Wildman–Crippen LogP) is 4.31. The Morgan fingerprint density at radius 3 is 2.55 bits per heavy atom. The van der Waals surface area contributed by atoms with E-state index in [1.54, 1.807) is 6.07 Å². The number of hydrogen-bond donors (Lipinski definition) is 1. The lowest BCUT2D eigenvalue weighted by atomic mass is 9.97. The number of rotatable bonds is 1. The van der Waals surface area contributed by atoms with Crippen LogP contribution in [0.15, 0.2) is 41.0 Å². The van der Waals surface area contributed by atoms with Crippen LogP contribution < -0.4 is 5.32 Å². The first kappa shape index (κ1) is 13.5. The van der Waals surface area contributed by atoms with Crippen LogP contribution in [0.2, 0.25) is 0 Å². The number of hydrogen-bond acceptors (Lipinski definition) is 2. The summed E-state index contributed by atoms with van der Waals surface area (Å²) >= 11 is 3.32. The predicted molar refractivity (Wildman–Crippen MR) is 72.4 cm³/mol. The molecule has 0 saturated heterocycles. The van der Waals surface area contributed by atoms with Crippen LogP contribution in [0.3, 0.4) is 0 Å². The Labute approximate surface area is 121 Å². The molecule has 106 valence electrons. The van der Waals surface area contributed by atoms with E-state index in [1.807, 2.05) is 24.3 Å². The minimum Gasteiger partial charge on any atom is -0.363 e. The minimum absolute atomic E-state index is 0.0696. The van der Waals surface area contributed by atoms with E-state index >= 15 is 0 Å². The summed E-state index contributed by atoms with van der Waals surface area (Å²) in [6, 6.07) is 6.88. The molecule has 20 heavy (non-hydrogen) atoms. The van der Waals surface area contributed by atoms with Gasteiger partial charge in [-0.3, -0.25) is 0 Å². The molecule has 2 aromatic rings. The Morgan fingerprint density at radius 2 is 1.90 bits per heavy atom. The van der Waals surface area contributed by atoms with E-state index in [1.165, 1.54) is 6.20 Å². The zero-order valence-electron chi connectivity index (χ0n) is 10.2. The molecular formula is C13H11BrF3N3. The summed E-state index contributed by atoms with van der Waals surface area (Å²) in [6.45, 7) is 0. The SMILES string of the molecule is FC(F)(F)[C@H]1C[C@@H](c2ccc(Br)cc2)Nc2ccnn21. The maximum Gasteiger partial charge on any atom is 0.410 e. The molecule has 1 aliphatic rings. The lowest BCUT2D eigenvalue weighted by Gasteiger charge is -2.33. The molecule has 0 spiro atoms. The lowest BCUT2D eigenvalue weighted by molar-refractivity contribution is -0.173. The quantitative estimate of drug-likeness (QED) is 0.834. The van der Waals surface area contributed by atoms with Crippen molar-refractivity contribution in [3.63, 3.8) is 0 Å². The van der Waals surface area contributed by atoms with E-state index in [2.05, 4.69) is 26.3 Å². The van der Waals surface area contributed by atoms with Gasteiger partial charge in [0.2, 0.25) is 0 Å². The molecule has 0 aliphatic carbocycles. The third kappa shape index (κ3) is 2.42. The molecule has 1 aromatic carbocycles. The van der Waals surface area contributed by atoms with E-state index in [4.69, 9.17) is 0 Å². The second kappa shape index (κ2) is 4.80. The number of nitrogens with one attached hydrogen (secondary N) is 1. The molecule has 3 nitrogen and oxygen atoms in total. The highest BCUT2D eigenvalue weighted by Gasteiger charge is 2.46. The summed E-state index contributed by atoms with van der Waals surface area (Å²) in [5.41, 5.74) is 0.829. The fourth-order valence-electron chi connectivity index (χ4n) is 2.42. The van der Waals surface area contributed by atoms with Gasteiger partial charge in [-0.05, 0) is 17.7 Å². The Balaban J connectivity index is 1.95. The highest BCUT2D eigenvalue weighted by atomic mass is 79.9. The second-order valence-corrected chi connectivity index (χ2v) is 5.62. The molecule has 0 fully saturated rings. The summed E-state index contributed by atoms with van der Waals surface area (Å²) in [6.07, 6.45) is -3.00. The van der Waals surface area contributed by atoms with Gasteiger partial charge in [0.1, 0.15) is 5.82 Å². The van der Waals surface area contributed by atoms with Gasteiger partial charge in [0.25, 0.3) is 0 Å². The highest BCUT2D eigenvalue weighted by Crippen LogP contribution is 2.43. The Hall–Kier alpha value is -1.50. The first-order valence-electron chi connectivity index (χ1n) is 6.07. The molecule has 0 radical (unpaired) electrons. The van der Waals surface area contributed by atoms with Gasteiger partial charge < -0.3 is 5.32 Å². The average Bonchev–Trinajstić information content (AvgIpc) is 2.85. The highest BCUT2D eigenvalue weighted by molar-refractivity contribution is 9.10. The molecule has 1 N–H and O–H groups in total. The molecule has 0 saturated carbocycles. The van der Waals surface area contributed by atoms with Crippen LogP contribution in [0.1, 0.15) is 24.1 Å². The van der Waals surface area contributed by atoms with Crippen molar-refractivity contribution in [3.8, 4) is 0 Å². The summed E-state index contributed by atoms with van der Waals surface area (Å²) in [5.74, 6) is 0.395. The largest absolute Gasteiger partial charge is 0.410 e. The van der Waals surface area contributed by atoms with Crippen molar-refractivity contribution < 1.29 is 13.2 Å². The van der Waals surface area contributed by atoms with E-state index in [-0.39, 0.29) is 12.5 Å². The normalized spacial score (nSPS) is 22.2. The summed E-state index contributed by atoms with van der Waals surface area (Å²) in [4.78, 5) is 0. The smallest absolute Gasteiger partial charge is 0.363 e. The molecule has 3 rings (SSSR count). The molecule has 2 heterocycles. The zero-order chi connectivity index (χ0) is 14.3. The molecule has 0 unspecified atom stereocenters. The summed E-state index contributed by atoms with van der Waals surface area (Å²) in [7, 11) is 0. The van der Waals surface area contributed by atoms with Gasteiger partial charge in [-0.15, -0.1) is 0 Å². The van der Waals surface area contributed by atoms with Crippen LogP contribution in [-0.4, -0.2) is 16.0 Å². The Morgan fingerprint density at radius 1 is 1.20 bits per heavy atom. The molecule has 1 aliphatic heterocycles. The standard InChI is InChI=1S/C13H11BrF3N3/c14-9-3-1-8(2-4-9)10-7-11(13(15,16)17)20-12(19-10)5-6-18-20/h1-6,10-11,19H,7H2/t10-,11+/m0/s1. The average molecular weight is 346 g/mol. The molecule has 0 amide bonds. The summed E-state index contributed by atoms with van der Waals surface area (Å²) in [5, 5.41) is 6.87. The van der Waals surface area contributed by atoms with E-state index < -0.39 is 12.2 Å². The van der Waals surface area contributed by atoms with Crippen LogP contribution in [0, 0.1) is 0 Å². The monoisotopic (exact) mass is 345 g/mol. The molecule has 2 atom stereocenters. The van der Waals surface area contributed by atoms with Gasteiger partial charge in [-0.2, -0.15) is 18.3 Å². The minimum atomic E-state index is -4.31. The van der Waals surface area contributed by atoms with Crippen molar-refractivity contribution in [2.45, 2.75) is 24.7 Å². The van der Waals surface area contributed by atoms with Gasteiger partial charge in [0.05, 0.1) is 12.2 Å². The van der Waals surface area contributed by atoms with Crippen LogP contribution >= 0.6 is 15.9 Å². The van der Waals surface area contributed by atoms with Crippen molar-refractivity contribution in [1.29, 1.82) is 0 Å². The van der Waals surface area contributed by atoms with Crippen LogP contribution in [0.4, 0.5) is 19.0 Å². The van der Waals surface area contributed by atoms with Crippen molar-refractivity contribution in [2.75, 3.05) is 5.32 Å². The van der Waals surface area contributed by atoms with E-state index in [0.29, 0.717) is 5.82 Å². The van der Waals surface area contributed by atoms with E-state index in [0.717, 1.165) is 14.7 Å². The third-order valence-corrected chi connectivity index (χ3v) is 3.93. The maximum atomic E-state index is 13.2. The summed E-state index contributed by atoms with van der Waals surface area (Å²) < 4.78 is 41.4. The van der Waals surface area contributed by atoms with Crippen LogP contribution in [0.5, 0.6) is 0 Å². The molecule has 0 bridgehead atoms. The van der Waals surface area contributed by atoms with Gasteiger partial charge >= 0.3 is 6.18 Å². The number of halogens is 4. The number of nitrogens with zero attached hydrogens (tertiary/aromatic N) is 2. The molecule has 7 heteroatoms. The van der Waals surface area contributed by atoms with Gasteiger partial charge in [0, 0.05) is 17.0 Å². The molecular weight excluding hydrogens is 335 g/mol. The van der Waals surface area contributed by atoms with Crippen molar-refractivity contribution in [3.05, 3.63) is 46.6 Å². The topological polar surface area (TPSA) is 29.9 Å². The van der Waals surface area contributed by atoms with Crippen molar-refractivity contribution >= 4 is 21.7 Å². The lowest BCUT2D eigenvalue weighted by Crippen LogP contribution is -2.35. The second-order valence-electron chi connectivity index (χ2n) is 4.70. The van der Waals surface area contributed by atoms with Crippen molar-refractivity contribution in [2.24, 2.45) is 0 Å². The Bertz CT molecular complexity index is 606. The molecule has 1 aromatic heterocycles. The first-order valence-corrected chi connectivity index (χ1v) is 6.86. The van der Waals surface area contributed by atoms with Crippen LogP contribution in [0.25, 0.3) is 0 Å². The number of anilines is 1. The number of alkyl halides is 3. The van der Waals surface area contributed by atoms with Gasteiger partial charge in [0.15, 0.2) is 6.04 Å². The number of fused-ring (bicyclic) bond motifs is 1. The maximum absolute atomic E-state index is 13.2. The third-order valence-electron chi connectivity index (χ3n) is 3.40. The fraction of sp³-hybridized carbons (Fsp3) is 0.308. The van der Waals surface area contributed by atoms with Gasteiger partial charge in [-0.25, -0.2) is 4.68 Å². The number of benzene rings is 1. The van der Waals surface area contributed by atoms with Gasteiger partial charge in [-0.1, -0.05) is 28.1 Å². The van der Waals surface area contributed by atoms with Crippen molar-refractivity contribution in [1.82, 2.24) is 9.78 Å². The first-order chi connectivity index (χ1) is 9.45. The zero-order valence-corrected chi connectivity index (χ0v) is 11.8. The van der Waals surface area contributed by atoms with E-state index in [9.17, 15) is 13.2 Å². The fourth-order valence-corrected chi connectivity index (χ4v) is 2.69.